The van der Waals surface area contributed by atoms with E-state index in [0.717, 1.165) is 44.5 Å². The highest BCUT2D eigenvalue weighted by Gasteiger charge is 2.48. The quantitative estimate of drug-likeness (QED) is 0.303. The van der Waals surface area contributed by atoms with Crippen LogP contribution < -0.4 is 15.0 Å². The summed E-state index contributed by atoms with van der Waals surface area (Å²) < 4.78 is 76.0. The third-order valence-corrected chi connectivity index (χ3v) is 8.87. The average molecular weight is 666 g/mol. The van der Waals surface area contributed by atoms with Gasteiger partial charge >= 0.3 is 18.2 Å². The fraction of sp³-hybridized carbons (Fsp3) is 0.375. The maximum absolute atomic E-state index is 14.6. The van der Waals surface area contributed by atoms with Gasteiger partial charge in [-0.1, -0.05) is 24.3 Å². The summed E-state index contributed by atoms with van der Waals surface area (Å²) in [6.45, 7) is 6.86. The number of hydrogen-bond donors (Lipinski definition) is 2. The van der Waals surface area contributed by atoms with Crippen LogP contribution in [0.25, 0.3) is 11.1 Å². The minimum atomic E-state index is -5.08. The first kappa shape index (κ1) is 34.7. The number of alkyl halides is 3. The summed E-state index contributed by atoms with van der Waals surface area (Å²) in [6, 6.07) is 18.8. The Balaban J connectivity index is 0.000000617. The third-order valence-electron chi connectivity index (χ3n) is 7.75. The molecular formula is C32H35F4N3O6S. The third kappa shape index (κ3) is 8.35. The van der Waals surface area contributed by atoms with Crippen molar-refractivity contribution in [1.29, 1.82) is 0 Å². The van der Waals surface area contributed by atoms with E-state index in [4.69, 9.17) is 14.6 Å². The molecule has 0 unspecified atom stereocenters. The van der Waals surface area contributed by atoms with Crippen LogP contribution in [0.1, 0.15) is 32.3 Å². The van der Waals surface area contributed by atoms with E-state index in [1.54, 1.807) is 23.1 Å². The molecule has 2 saturated heterocycles. The molecule has 9 nitrogen and oxygen atoms in total. The number of anilines is 1. The molecule has 248 valence electrons. The van der Waals surface area contributed by atoms with Crippen LogP contribution in [0.3, 0.4) is 0 Å². The topological polar surface area (TPSA) is 116 Å². The normalized spacial score (nSPS) is 16.6. The van der Waals surface area contributed by atoms with Crippen molar-refractivity contribution >= 4 is 27.5 Å². The molecule has 1 spiro atoms. The number of amides is 2. The Morgan fingerprint density at radius 1 is 1.04 bits per heavy atom. The summed E-state index contributed by atoms with van der Waals surface area (Å²) in [7, 11) is -3.35. The van der Waals surface area contributed by atoms with Crippen molar-refractivity contribution in [3.8, 4) is 16.9 Å². The Kier molecular flexibility index (Phi) is 10.3. The van der Waals surface area contributed by atoms with Crippen LogP contribution in [0.2, 0.25) is 0 Å². The number of ether oxygens (including phenoxy) is 1. The number of benzene rings is 3. The molecule has 46 heavy (non-hydrogen) atoms. The summed E-state index contributed by atoms with van der Waals surface area (Å²) in [4.78, 5) is 26.4. The van der Waals surface area contributed by atoms with Gasteiger partial charge in [-0.25, -0.2) is 22.4 Å². The molecule has 0 bridgehead atoms. The molecule has 2 aliphatic rings. The van der Waals surface area contributed by atoms with E-state index < -0.39 is 33.3 Å². The number of likely N-dealkylation sites (tertiary alicyclic amines) is 1. The number of carboxylic acids is 1. The smallest absolute Gasteiger partial charge is 0.490 e. The zero-order chi connectivity index (χ0) is 33.9. The van der Waals surface area contributed by atoms with Crippen molar-refractivity contribution in [2.45, 2.75) is 55.9 Å². The van der Waals surface area contributed by atoms with Crippen LogP contribution >= 0.6 is 0 Å². The van der Waals surface area contributed by atoms with Gasteiger partial charge in [0.05, 0.1) is 22.2 Å². The second-order valence-corrected chi connectivity index (χ2v) is 13.6. The van der Waals surface area contributed by atoms with E-state index in [1.165, 1.54) is 29.8 Å². The second-order valence-electron chi connectivity index (χ2n) is 11.6. The average Bonchev–Trinajstić information content (AvgIpc) is 3.28. The molecule has 0 saturated carbocycles. The van der Waals surface area contributed by atoms with Gasteiger partial charge < -0.3 is 15.2 Å². The molecule has 0 radical (unpaired) electrons. The Bertz CT molecular complexity index is 1670. The largest absolute Gasteiger partial charge is 0.491 e. The first-order valence-electron chi connectivity index (χ1n) is 14.4. The minimum Gasteiger partial charge on any atom is -0.491 e. The van der Waals surface area contributed by atoms with Gasteiger partial charge in [-0.05, 0) is 80.3 Å². The second kappa shape index (κ2) is 13.7. The maximum atomic E-state index is 14.6. The van der Waals surface area contributed by atoms with Crippen LogP contribution in [-0.2, 0) is 21.2 Å². The molecule has 2 heterocycles. The summed E-state index contributed by atoms with van der Waals surface area (Å²) in [5.41, 5.74) is 2.58. The summed E-state index contributed by atoms with van der Waals surface area (Å²) in [6.07, 6.45) is -2.35. The van der Waals surface area contributed by atoms with Crippen molar-refractivity contribution < 1.29 is 45.4 Å². The number of piperidine rings is 1. The number of nitrogens with one attached hydrogen (secondary N) is 1. The number of nitrogens with zero attached hydrogens (tertiary/aromatic N) is 2. The van der Waals surface area contributed by atoms with Crippen LogP contribution in [0.5, 0.6) is 5.75 Å². The number of carbonyl (C=O) groups excluding carboxylic acids is 1. The molecule has 14 heteroatoms. The lowest BCUT2D eigenvalue weighted by Gasteiger charge is -2.44. The number of hydrogen-bond acceptors (Lipinski definition) is 6. The van der Waals surface area contributed by atoms with E-state index in [9.17, 15) is 30.8 Å². The van der Waals surface area contributed by atoms with Crippen molar-refractivity contribution in [2.75, 3.05) is 30.8 Å². The lowest BCUT2D eigenvalue weighted by Crippen LogP contribution is -2.54. The summed E-state index contributed by atoms with van der Waals surface area (Å²) in [5.74, 6) is -2.33. The summed E-state index contributed by atoms with van der Waals surface area (Å²) in [5, 5.41) is 10.1. The van der Waals surface area contributed by atoms with Crippen LogP contribution in [0.4, 0.5) is 28.0 Å². The zero-order valence-electron chi connectivity index (χ0n) is 25.5. The molecule has 5 rings (SSSR count). The van der Waals surface area contributed by atoms with Gasteiger partial charge in [0.1, 0.15) is 11.6 Å². The number of halogens is 4. The fourth-order valence-corrected chi connectivity index (χ4v) is 6.20. The highest BCUT2D eigenvalue weighted by atomic mass is 32.2. The van der Waals surface area contributed by atoms with Crippen molar-refractivity contribution in [3.05, 3.63) is 78.1 Å². The number of carbonyl (C=O) groups is 2. The predicted octanol–water partition coefficient (Wildman–Crippen LogP) is 5.88. The lowest BCUT2D eigenvalue weighted by atomic mass is 9.85. The van der Waals surface area contributed by atoms with Gasteiger partial charge in [0.25, 0.3) is 0 Å². The maximum Gasteiger partial charge on any atom is 0.490 e. The highest BCUT2D eigenvalue weighted by molar-refractivity contribution is 7.90. The Morgan fingerprint density at radius 3 is 2.24 bits per heavy atom. The molecule has 2 fully saturated rings. The van der Waals surface area contributed by atoms with Gasteiger partial charge in [0.2, 0.25) is 0 Å². The highest BCUT2D eigenvalue weighted by Crippen LogP contribution is 2.42. The van der Waals surface area contributed by atoms with E-state index in [1.807, 2.05) is 26.0 Å². The van der Waals surface area contributed by atoms with E-state index >= 15 is 0 Å². The van der Waals surface area contributed by atoms with Gasteiger partial charge in [0.15, 0.2) is 9.84 Å². The number of urea groups is 1. The van der Waals surface area contributed by atoms with Gasteiger partial charge in [-0.2, -0.15) is 13.2 Å². The summed E-state index contributed by atoms with van der Waals surface area (Å²) >= 11 is 0. The molecular weight excluding hydrogens is 630 g/mol. The predicted molar refractivity (Wildman–Crippen MR) is 164 cm³/mol. The van der Waals surface area contributed by atoms with Gasteiger partial charge in [-0.15, -0.1) is 0 Å². The lowest BCUT2D eigenvalue weighted by molar-refractivity contribution is -0.192. The monoisotopic (exact) mass is 665 g/mol. The van der Waals surface area contributed by atoms with Crippen LogP contribution in [0, 0.1) is 5.82 Å². The number of rotatable bonds is 7. The molecule has 0 atom stereocenters. The molecule has 0 aliphatic carbocycles. The van der Waals surface area contributed by atoms with Crippen molar-refractivity contribution in [3.63, 3.8) is 0 Å². The SMILES string of the molecule is CC(C)Oc1cccc(CN2CCC3(CC2)CNC(=O)N3c2cc(F)ccc2-c2ccc(S(C)(=O)=O)cc2)c1.O=C(O)C(F)(F)F. The zero-order valence-corrected chi connectivity index (χ0v) is 26.3. The van der Waals surface area contributed by atoms with Gasteiger partial charge in [-0.3, -0.25) is 9.80 Å². The van der Waals surface area contributed by atoms with Gasteiger partial charge in [0, 0.05) is 38.0 Å². The molecule has 2 amide bonds. The Hall–Kier alpha value is -4.17. The minimum absolute atomic E-state index is 0.110. The van der Waals surface area contributed by atoms with Crippen LogP contribution in [-0.4, -0.2) is 74.1 Å². The first-order valence-corrected chi connectivity index (χ1v) is 16.3. The molecule has 2 aliphatic heterocycles. The molecule has 0 aromatic heterocycles. The standard InChI is InChI=1S/C30H34FN3O4S.C2HF3O2/c1-21(2)38-25-6-4-5-22(17-25)19-33-15-13-30(14-16-33)20-32-29(35)34(30)28-18-24(31)9-12-27(28)23-7-10-26(11-8-23)39(3,36)37;3-2(4,5)1(6)7/h4-12,17-18,21H,13-16,19-20H2,1-3H3,(H,32,35);(H,6,7). The molecule has 3 aromatic carbocycles. The van der Waals surface area contributed by atoms with E-state index in [0.29, 0.717) is 23.4 Å². The number of carboxylic acid groups (broad SMARTS) is 1. The fourth-order valence-electron chi connectivity index (χ4n) is 5.57. The van der Waals surface area contributed by atoms with E-state index in [-0.39, 0.29) is 17.0 Å². The number of sulfone groups is 1. The van der Waals surface area contributed by atoms with Crippen molar-refractivity contribution in [1.82, 2.24) is 10.2 Å². The molecule has 2 N–H and O–H groups in total. The van der Waals surface area contributed by atoms with Crippen molar-refractivity contribution in [2.24, 2.45) is 0 Å². The van der Waals surface area contributed by atoms with Crippen LogP contribution in [0.15, 0.2) is 71.6 Å². The Morgan fingerprint density at radius 2 is 1.67 bits per heavy atom. The Labute approximate surface area is 264 Å². The molecule has 3 aromatic rings. The first-order chi connectivity index (χ1) is 21.5. The number of aliphatic carboxylic acids is 1. The van der Waals surface area contributed by atoms with E-state index in [2.05, 4.69) is 22.3 Å².